The maximum atomic E-state index is 12.7. The minimum Gasteiger partial charge on any atom is -0.342 e. The summed E-state index contributed by atoms with van der Waals surface area (Å²) in [7, 11) is 1.77. The average Bonchev–Trinajstić information content (AvgIpc) is 2.67. The number of benzene rings is 2. The zero-order chi connectivity index (χ0) is 20.7. The summed E-state index contributed by atoms with van der Waals surface area (Å²) >= 11 is 0. The second kappa shape index (κ2) is 9.90. The smallest absolute Gasteiger partial charge is 0.323 e. The Bertz CT molecular complexity index is 805. The van der Waals surface area contributed by atoms with E-state index in [1.807, 2.05) is 43.3 Å². The van der Waals surface area contributed by atoms with Gasteiger partial charge in [-0.25, -0.2) is 4.79 Å². The lowest BCUT2D eigenvalue weighted by Crippen LogP contribution is -2.34. The highest BCUT2D eigenvalue weighted by Crippen LogP contribution is 2.19. The monoisotopic (exact) mass is 382 g/mol. The van der Waals surface area contributed by atoms with Crippen molar-refractivity contribution in [3.8, 4) is 0 Å². The number of nitrogens with two attached hydrogens (primary N) is 1. The Labute approximate surface area is 167 Å². The Morgan fingerprint density at radius 1 is 1.07 bits per heavy atom. The van der Waals surface area contributed by atoms with Crippen LogP contribution in [-0.2, 0) is 0 Å². The summed E-state index contributed by atoms with van der Waals surface area (Å²) in [6.45, 7) is 6.62. The maximum absolute atomic E-state index is 12.7. The lowest BCUT2D eigenvalue weighted by Gasteiger charge is -2.22. The second-order valence-corrected chi connectivity index (χ2v) is 7.40. The number of urea groups is 1. The van der Waals surface area contributed by atoms with Gasteiger partial charge < -0.3 is 21.3 Å². The van der Waals surface area contributed by atoms with Crippen molar-refractivity contribution in [2.24, 2.45) is 11.7 Å². The van der Waals surface area contributed by atoms with Crippen LogP contribution in [0.15, 0.2) is 48.5 Å². The lowest BCUT2D eigenvalue weighted by atomic mass is 10.0. The van der Waals surface area contributed by atoms with Crippen molar-refractivity contribution >= 4 is 23.3 Å². The van der Waals surface area contributed by atoms with Crippen LogP contribution < -0.4 is 16.4 Å². The molecule has 0 fully saturated rings. The van der Waals surface area contributed by atoms with E-state index in [0.717, 1.165) is 12.0 Å². The summed E-state index contributed by atoms with van der Waals surface area (Å²) in [5.74, 6) is 0.282. The number of nitrogens with zero attached hydrogens (tertiary/aromatic N) is 1. The quantitative estimate of drug-likeness (QED) is 0.674. The van der Waals surface area contributed by atoms with Gasteiger partial charge in [0.1, 0.15) is 0 Å². The number of carbonyl (C=O) groups is 2. The first-order valence-corrected chi connectivity index (χ1v) is 9.52. The molecule has 0 aliphatic rings. The van der Waals surface area contributed by atoms with Crippen LogP contribution in [0, 0.1) is 12.8 Å². The van der Waals surface area contributed by atoms with Crippen LogP contribution in [0.25, 0.3) is 0 Å². The third kappa shape index (κ3) is 6.09. The van der Waals surface area contributed by atoms with Crippen LogP contribution in [0.2, 0.25) is 0 Å². The first kappa shape index (κ1) is 21.4. The summed E-state index contributed by atoms with van der Waals surface area (Å²) in [5, 5.41) is 5.59. The Hall–Kier alpha value is -2.86. The molecule has 1 atom stereocenters. The molecule has 2 aromatic carbocycles. The molecule has 0 saturated carbocycles. The van der Waals surface area contributed by atoms with Crippen molar-refractivity contribution in [1.29, 1.82) is 0 Å². The van der Waals surface area contributed by atoms with Gasteiger partial charge in [0.2, 0.25) is 0 Å². The van der Waals surface area contributed by atoms with Gasteiger partial charge in [-0.05, 0) is 49.1 Å². The molecular weight excluding hydrogens is 352 g/mol. The van der Waals surface area contributed by atoms with E-state index in [-0.39, 0.29) is 18.0 Å². The van der Waals surface area contributed by atoms with Gasteiger partial charge >= 0.3 is 6.03 Å². The average molecular weight is 383 g/mol. The molecule has 0 aromatic heterocycles. The van der Waals surface area contributed by atoms with Crippen LogP contribution in [0.1, 0.15) is 36.2 Å². The van der Waals surface area contributed by atoms with Gasteiger partial charge in [0.25, 0.3) is 5.91 Å². The molecule has 0 radical (unpaired) electrons. The van der Waals surface area contributed by atoms with Gasteiger partial charge in [0.15, 0.2) is 0 Å². The van der Waals surface area contributed by atoms with Crippen LogP contribution in [0.3, 0.4) is 0 Å². The van der Waals surface area contributed by atoms with Gasteiger partial charge in [-0.1, -0.05) is 38.1 Å². The van der Waals surface area contributed by atoms with E-state index in [1.54, 1.807) is 24.1 Å². The summed E-state index contributed by atoms with van der Waals surface area (Å²) < 4.78 is 0. The molecule has 3 amide bonds. The molecule has 0 aliphatic carbocycles. The van der Waals surface area contributed by atoms with Crippen LogP contribution >= 0.6 is 0 Å². The van der Waals surface area contributed by atoms with E-state index >= 15 is 0 Å². The highest BCUT2D eigenvalue weighted by atomic mass is 16.2. The molecular formula is C22H30N4O2. The van der Waals surface area contributed by atoms with Crippen LogP contribution in [-0.4, -0.2) is 36.5 Å². The van der Waals surface area contributed by atoms with Gasteiger partial charge in [-0.2, -0.15) is 0 Å². The summed E-state index contributed by atoms with van der Waals surface area (Å²) in [6, 6.07) is 14.2. The van der Waals surface area contributed by atoms with Crippen LogP contribution in [0.5, 0.6) is 0 Å². The molecule has 0 bridgehead atoms. The van der Waals surface area contributed by atoms with Crippen molar-refractivity contribution in [2.45, 2.75) is 33.2 Å². The molecule has 0 heterocycles. The molecule has 6 heteroatoms. The zero-order valence-electron chi connectivity index (χ0n) is 17.0. The number of hydrogen-bond donors (Lipinski definition) is 3. The number of anilines is 2. The first-order valence-electron chi connectivity index (χ1n) is 9.52. The molecule has 2 aromatic rings. The fourth-order valence-corrected chi connectivity index (χ4v) is 2.69. The van der Waals surface area contributed by atoms with E-state index in [9.17, 15) is 9.59 Å². The normalized spacial score (nSPS) is 11.8. The number of carbonyl (C=O) groups excluding carboxylic acids is 2. The van der Waals surface area contributed by atoms with Gasteiger partial charge in [0, 0.05) is 36.6 Å². The molecule has 2 rings (SSSR count). The topological polar surface area (TPSA) is 87.5 Å². The van der Waals surface area contributed by atoms with E-state index in [2.05, 4.69) is 24.5 Å². The number of nitrogens with one attached hydrogen (secondary N) is 2. The van der Waals surface area contributed by atoms with E-state index in [0.29, 0.717) is 29.4 Å². The van der Waals surface area contributed by atoms with Crippen molar-refractivity contribution in [3.05, 3.63) is 59.7 Å². The van der Waals surface area contributed by atoms with E-state index in [4.69, 9.17) is 5.73 Å². The Morgan fingerprint density at radius 2 is 1.75 bits per heavy atom. The lowest BCUT2D eigenvalue weighted by molar-refractivity contribution is 0.0789. The minimum atomic E-state index is -0.352. The standard InChI is InChI=1S/C22H30N4O2/c1-15(2)19(23)12-13-26(4)21(27)17-11-10-16(3)20(14-17)25-22(28)24-18-8-6-5-7-9-18/h5-11,14-15,19H,12-13,23H2,1-4H3,(H2,24,25,28). The van der Waals surface area contributed by atoms with Gasteiger partial charge in [-0.15, -0.1) is 0 Å². The fraction of sp³-hybridized carbons (Fsp3) is 0.364. The molecule has 6 nitrogen and oxygen atoms in total. The van der Waals surface area contributed by atoms with Gasteiger partial charge in [-0.3, -0.25) is 4.79 Å². The number of para-hydroxylation sites is 1. The van der Waals surface area contributed by atoms with Gasteiger partial charge in [0.05, 0.1) is 0 Å². The third-order valence-corrected chi connectivity index (χ3v) is 4.77. The maximum Gasteiger partial charge on any atom is 0.323 e. The molecule has 150 valence electrons. The fourth-order valence-electron chi connectivity index (χ4n) is 2.69. The SMILES string of the molecule is Cc1ccc(C(=O)N(C)CCC(N)C(C)C)cc1NC(=O)Nc1ccccc1. The largest absolute Gasteiger partial charge is 0.342 e. The number of amides is 3. The molecule has 0 aliphatic heterocycles. The van der Waals surface area contributed by atoms with E-state index < -0.39 is 0 Å². The molecule has 1 unspecified atom stereocenters. The highest BCUT2D eigenvalue weighted by Gasteiger charge is 2.16. The molecule has 28 heavy (non-hydrogen) atoms. The predicted octanol–water partition coefficient (Wildman–Crippen LogP) is 4.08. The molecule has 0 spiro atoms. The Balaban J connectivity index is 2.03. The van der Waals surface area contributed by atoms with Crippen molar-refractivity contribution in [1.82, 2.24) is 4.90 Å². The number of rotatable bonds is 7. The summed E-state index contributed by atoms with van der Waals surface area (Å²) in [6.07, 6.45) is 0.746. The van der Waals surface area contributed by atoms with Crippen molar-refractivity contribution in [3.63, 3.8) is 0 Å². The number of hydrogen-bond acceptors (Lipinski definition) is 3. The minimum absolute atomic E-state index is 0.0622. The predicted molar refractivity (Wildman–Crippen MR) is 115 cm³/mol. The molecule has 4 N–H and O–H groups in total. The zero-order valence-corrected chi connectivity index (χ0v) is 17.0. The molecule has 0 saturated heterocycles. The van der Waals surface area contributed by atoms with Crippen LogP contribution in [0.4, 0.5) is 16.2 Å². The third-order valence-electron chi connectivity index (χ3n) is 4.77. The van der Waals surface area contributed by atoms with E-state index in [1.165, 1.54) is 0 Å². The van der Waals surface area contributed by atoms with Crippen molar-refractivity contribution in [2.75, 3.05) is 24.2 Å². The number of aryl methyl sites for hydroxylation is 1. The van der Waals surface area contributed by atoms with Crippen molar-refractivity contribution < 1.29 is 9.59 Å². The first-order chi connectivity index (χ1) is 13.3. The Morgan fingerprint density at radius 3 is 2.39 bits per heavy atom. The Kier molecular flexibility index (Phi) is 7.58. The highest BCUT2D eigenvalue weighted by molar-refractivity contribution is 6.02. The second-order valence-electron chi connectivity index (χ2n) is 7.40. The summed E-state index contributed by atoms with van der Waals surface area (Å²) in [4.78, 5) is 26.7. The summed E-state index contributed by atoms with van der Waals surface area (Å²) in [5.41, 5.74) is 8.78.